The van der Waals surface area contributed by atoms with Crippen molar-refractivity contribution >= 4 is 0 Å². The predicted octanol–water partition coefficient (Wildman–Crippen LogP) is 1.55. The van der Waals surface area contributed by atoms with E-state index in [9.17, 15) is 5.11 Å². The van der Waals surface area contributed by atoms with Crippen molar-refractivity contribution in [2.75, 3.05) is 6.61 Å². The van der Waals surface area contributed by atoms with E-state index < -0.39 is 0 Å². The van der Waals surface area contributed by atoms with Crippen LogP contribution in [0.3, 0.4) is 0 Å². The van der Waals surface area contributed by atoms with Gasteiger partial charge in [0, 0.05) is 34.2 Å². The topological polar surface area (TPSA) is 40.5 Å². The maximum absolute atomic E-state index is 9.48. The predicted molar refractivity (Wildman–Crippen MR) is 46.4 cm³/mol. The van der Waals surface area contributed by atoms with Gasteiger partial charge in [-0.05, 0) is 12.8 Å². The molecule has 2 unspecified atom stereocenters. The zero-order chi connectivity index (χ0) is 8.69. The molecule has 0 radical (unpaired) electrons. The third-order valence-corrected chi connectivity index (χ3v) is 2.16. The van der Waals surface area contributed by atoms with E-state index in [2.05, 4.69) is 6.92 Å². The summed E-state index contributed by atoms with van der Waals surface area (Å²) in [5.74, 6) is 0.0848. The molecule has 2 atom stereocenters. The molecule has 0 rings (SSSR count). The molecule has 0 heterocycles. The Kier molecular flexibility index (Phi) is 12.2. The second-order valence-electron chi connectivity index (χ2n) is 3.06. The van der Waals surface area contributed by atoms with Crippen LogP contribution in [0, 0.1) is 5.92 Å². The summed E-state index contributed by atoms with van der Waals surface area (Å²) in [6.07, 6.45) is 3.55. The Morgan fingerprint density at radius 2 is 1.83 bits per heavy atom. The summed E-state index contributed by atoms with van der Waals surface area (Å²) in [5, 5.41) is 18.3. The maximum atomic E-state index is 9.48. The molecule has 0 spiro atoms. The molecule has 0 aliphatic heterocycles. The van der Waals surface area contributed by atoms with Crippen molar-refractivity contribution in [3.05, 3.63) is 0 Å². The Morgan fingerprint density at radius 1 is 1.25 bits per heavy atom. The monoisotopic (exact) mass is 208 g/mol. The van der Waals surface area contributed by atoms with Crippen LogP contribution in [0.1, 0.15) is 39.5 Å². The number of hydrogen-bond donors (Lipinski definition) is 2. The molecule has 2 nitrogen and oxygen atoms in total. The molecule has 0 aromatic heterocycles. The molecule has 0 amide bonds. The van der Waals surface area contributed by atoms with Crippen molar-refractivity contribution in [3.63, 3.8) is 0 Å². The van der Waals surface area contributed by atoms with Crippen LogP contribution in [-0.4, -0.2) is 22.9 Å². The maximum Gasteiger partial charge on any atom is 0.0590 e. The molecule has 2 N–H and O–H groups in total. The van der Waals surface area contributed by atoms with Crippen LogP contribution >= 0.6 is 0 Å². The van der Waals surface area contributed by atoms with Crippen LogP contribution < -0.4 is 0 Å². The van der Waals surface area contributed by atoms with Crippen LogP contribution in [0.15, 0.2) is 0 Å². The minimum atomic E-state index is -0.301. The molecular weight excluding hydrogens is 188 g/mol. The first-order chi connectivity index (χ1) is 5.26. The van der Waals surface area contributed by atoms with Gasteiger partial charge < -0.3 is 10.2 Å². The van der Waals surface area contributed by atoms with Crippen molar-refractivity contribution in [2.45, 2.75) is 45.6 Å². The van der Waals surface area contributed by atoms with Gasteiger partial charge in [0.15, 0.2) is 0 Å². The van der Waals surface area contributed by atoms with Crippen molar-refractivity contribution in [1.29, 1.82) is 0 Å². The van der Waals surface area contributed by atoms with Crippen LogP contribution in [0.2, 0.25) is 0 Å². The molecule has 0 fully saturated rings. The second kappa shape index (κ2) is 9.72. The molecule has 0 saturated heterocycles. The van der Waals surface area contributed by atoms with Crippen molar-refractivity contribution in [2.24, 2.45) is 5.92 Å². The smallest absolute Gasteiger partial charge is 0.0590 e. The van der Waals surface area contributed by atoms with E-state index in [1.807, 2.05) is 6.92 Å². The van der Waals surface area contributed by atoms with Crippen LogP contribution in [0.5, 0.6) is 0 Å². The van der Waals surface area contributed by atoms with Crippen molar-refractivity contribution in [3.8, 4) is 0 Å². The molecule has 0 aliphatic carbocycles. The second-order valence-corrected chi connectivity index (χ2v) is 3.06. The summed E-state index contributed by atoms with van der Waals surface area (Å²) in [7, 11) is 0. The number of unbranched alkanes of at least 4 members (excludes halogenated alkanes) is 1. The van der Waals surface area contributed by atoms with Crippen LogP contribution in [0.4, 0.5) is 0 Å². The number of aliphatic hydroxyl groups is 2. The molecule has 0 saturated carbocycles. The third kappa shape index (κ3) is 6.18. The minimum absolute atomic E-state index is 0. The molecule has 0 aliphatic rings. The first kappa shape index (κ1) is 15.1. The van der Waals surface area contributed by atoms with Crippen LogP contribution in [-0.2, 0) is 21.7 Å². The van der Waals surface area contributed by atoms with Gasteiger partial charge in [-0.15, -0.1) is 0 Å². The van der Waals surface area contributed by atoms with Crippen LogP contribution in [0.25, 0.3) is 0 Å². The molecule has 12 heavy (non-hydrogen) atoms. The molecule has 0 aromatic carbocycles. The summed E-state index contributed by atoms with van der Waals surface area (Å²) in [6, 6.07) is 0. The van der Waals surface area contributed by atoms with E-state index in [0.717, 1.165) is 25.7 Å². The molecule has 0 bridgehead atoms. The van der Waals surface area contributed by atoms with Gasteiger partial charge in [-0.2, -0.15) is 0 Å². The Balaban J connectivity index is 0. The summed E-state index contributed by atoms with van der Waals surface area (Å²) < 4.78 is 0. The zero-order valence-electron chi connectivity index (χ0n) is 8.08. The van der Waals surface area contributed by atoms with Gasteiger partial charge in [0.05, 0.1) is 6.10 Å². The van der Waals surface area contributed by atoms with E-state index in [0.29, 0.717) is 0 Å². The quantitative estimate of drug-likeness (QED) is 0.650. The summed E-state index contributed by atoms with van der Waals surface area (Å²) in [5.41, 5.74) is 0. The van der Waals surface area contributed by atoms with Gasteiger partial charge >= 0.3 is 0 Å². The van der Waals surface area contributed by atoms with E-state index in [1.165, 1.54) is 0 Å². The van der Waals surface area contributed by atoms with Gasteiger partial charge in [0.25, 0.3) is 0 Å². The Bertz CT molecular complexity index is 84.6. The molecule has 72 valence electrons. The molecular formula is C9H20O2Ti. The Labute approximate surface area is 90.3 Å². The molecule has 3 heteroatoms. The first-order valence-electron chi connectivity index (χ1n) is 4.55. The van der Waals surface area contributed by atoms with Gasteiger partial charge in [0.1, 0.15) is 0 Å². The number of aliphatic hydroxyl groups excluding tert-OH is 2. The fourth-order valence-electron chi connectivity index (χ4n) is 1.17. The van der Waals surface area contributed by atoms with E-state index >= 15 is 0 Å². The van der Waals surface area contributed by atoms with E-state index in [4.69, 9.17) is 5.11 Å². The third-order valence-electron chi connectivity index (χ3n) is 2.16. The summed E-state index contributed by atoms with van der Waals surface area (Å²) in [4.78, 5) is 0. The minimum Gasteiger partial charge on any atom is -0.396 e. The van der Waals surface area contributed by atoms with Gasteiger partial charge in [-0.25, -0.2) is 0 Å². The Hall–Kier alpha value is 0.634. The zero-order valence-corrected chi connectivity index (χ0v) is 9.65. The average molecular weight is 208 g/mol. The summed E-state index contributed by atoms with van der Waals surface area (Å²) in [6.45, 7) is 4.21. The van der Waals surface area contributed by atoms with Gasteiger partial charge in [-0.3, -0.25) is 0 Å². The van der Waals surface area contributed by atoms with Gasteiger partial charge in [0.2, 0.25) is 0 Å². The first-order valence-corrected chi connectivity index (χ1v) is 4.55. The molecule has 0 aromatic rings. The van der Waals surface area contributed by atoms with E-state index in [1.54, 1.807) is 0 Å². The largest absolute Gasteiger partial charge is 0.396 e. The average Bonchev–Trinajstić information content (AvgIpc) is 2.03. The van der Waals surface area contributed by atoms with Gasteiger partial charge in [-0.1, -0.05) is 26.7 Å². The van der Waals surface area contributed by atoms with E-state index in [-0.39, 0.29) is 40.3 Å². The fraction of sp³-hybridized carbons (Fsp3) is 1.00. The Morgan fingerprint density at radius 3 is 2.17 bits per heavy atom. The van der Waals surface area contributed by atoms with Crippen molar-refractivity contribution < 1.29 is 31.9 Å². The van der Waals surface area contributed by atoms with Crippen molar-refractivity contribution in [1.82, 2.24) is 0 Å². The standard InChI is InChI=1S/C9H20O2.Ti/c1-3-5-6-9(11)8(4-2)7-10;/h8-11H,3-7H2,1-2H3;. The number of hydrogen-bond acceptors (Lipinski definition) is 2. The normalized spacial score (nSPS) is 15.0. The summed E-state index contributed by atoms with van der Waals surface area (Å²) >= 11 is 0. The SMILES string of the molecule is CCCCC(O)C(CC)CO.[Ti]. The fourth-order valence-corrected chi connectivity index (χ4v) is 1.17. The number of rotatable bonds is 6.